The lowest BCUT2D eigenvalue weighted by Gasteiger charge is -2.25. The Morgan fingerprint density at radius 1 is 1.57 bits per heavy atom. The second-order valence-corrected chi connectivity index (χ2v) is 4.80. The molecular weight excluding hydrogens is 180 g/mol. The predicted octanol–water partition coefficient (Wildman–Crippen LogP) is 0.914. The van der Waals surface area contributed by atoms with Gasteiger partial charge < -0.3 is 10.6 Å². The highest BCUT2D eigenvalue weighted by Crippen LogP contribution is 2.21. The Morgan fingerprint density at radius 3 is 2.71 bits per heavy atom. The van der Waals surface area contributed by atoms with E-state index in [1.165, 1.54) is 0 Å². The molecule has 0 bridgehead atoms. The van der Waals surface area contributed by atoms with E-state index in [-0.39, 0.29) is 12.0 Å². The standard InChI is InChI=1S/C10H20N2O2/c1-10(2,3)9(13)14-12-6-4-5-8(12)7-11/h8H,4-7,11H2,1-3H3. The molecule has 0 aromatic rings. The van der Waals surface area contributed by atoms with Gasteiger partial charge in [0.2, 0.25) is 0 Å². The van der Waals surface area contributed by atoms with Gasteiger partial charge in [-0.2, -0.15) is 0 Å². The molecule has 1 rings (SSSR count). The first-order valence-corrected chi connectivity index (χ1v) is 5.14. The molecule has 0 spiro atoms. The topological polar surface area (TPSA) is 55.6 Å². The third-order valence-corrected chi connectivity index (χ3v) is 2.41. The fraction of sp³-hybridized carbons (Fsp3) is 0.900. The van der Waals surface area contributed by atoms with Crippen LogP contribution < -0.4 is 5.73 Å². The van der Waals surface area contributed by atoms with Crippen molar-refractivity contribution in [3.05, 3.63) is 0 Å². The van der Waals surface area contributed by atoms with Crippen molar-refractivity contribution in [3.8, 4) is 0 Å². The van der Waals surface area contributed by atoms with Crippen LogP contribution >= 0.6 is 0 Å². The summed E-state index contributed by atoms with van der Waals surface area (Å²) in [5, 5.41) is 1.73. The quantitative estimate of drug-likeness (QED) is 0.720. The zero-order valence-electron chi connectivity index (χ0n) is 9.25. The van der Waals surface area contributed by atoms with Gasteiger partial charge in [0, 0.05) is 13.1 Å². The van der Waals surface area contributed by atoms with E-state index < -0.39 is 5.41 Å². The minimum Gasteiger partial charge on any atom is -0.367 e. The first kappa shape index (κ1) is 11.5. The Balaban J connectivity index is 2.48. The summed E-state index contributed by atoms with van der Waals surface area (Å²) in [4.78, 5) is 16.9. The van der Waals surface area contributed by atoms with Crippen LogP contribution in [0.5, 0.6) is 0 Å². The molecule has 82 valence electrons. The Kier molecular flexibility index (Phi) is 3.50. The van der Waals surface area contributed by atoms with Gasteiger partial charge >= 0.3 is 5.97 Å². The predicted molar refractivity (Wildman–Crippen MR) is 54.3 cm³/mol. The molecule has 1 unspecified atom stereocenters. The van der Waals surface area contributed by atoms with E-state index in [2.05, 4.69) is 0 Å². The number of nitrogens with zero attached hydrogens (tertiary/aromatic N) is 1. The van der Waals surface area contributed by atoms with Gasteiger partial charge in [-0.05, 0) is 33.6 Å². The molecule has 0 radical (unpaired) electrons. The monoisotopic (exact) mass is 200 g/mol. The van der Waals surface area contributed by atoms with Crippen molar-refractivity contribution in [1.82, 2.24) is 5.06 Å². The highest BCUT2D eigenvalue weighted by molar-refractivity contribution is 5.75. The lowest BCUT2D eigenvalue weighted by molar-refractivity contribution is -0.203. The molecule has 1 fully saturated rings. The summed E-state index contributed by atoms with van der Waals surface area (Å²) in [7, 11) is 0. The maximum atomic E-state index is 11.6. The molecule has 1 aliphatic heterocycles. The van der Waals surface area contributed by atoms with Gasteiger partial charge in [0.05, 0.1) is 11.5 Å². The molecule has 4 heteroatoms. The van der Waals surface area contributed by atoms with Crippen molar-refractivity contribution in [1.29, 1.82) is 0 Å². The number of hydrogen-bond donors (Lipinski definition) is 1. The Hall–Kier alpha value is -0.610. The molecule has 1 atom stereocenters. The summed E-state index contributed by atoms with van der Waals surface area (Å²) in [6, 6.07) is 0.210. The smallest absolute Gasteiger partial charge is 0.330 e. The van der Waals surface area contributed by atoms with Gasteiger partial charge in [0.15, 0.2) is 0 Å². The molecule has 4 nitrogen and oxygen atoms in total. The van der Waals surface area contributed by atoms with Crippen LogP contribution in [0.15, 0.2) is 0 Å². The maximum absolute atomic E-state index is 11.6. The van der Waals surface area contributed by atoms with Gasteiger partial charge in [-0.3, -0.25) is 0 Å². The molecule has 1 saturated heterocycles. The van der Waals surface area contributed by atoms with Crippen LogP contribution in [0.2, 0.25) is 0 Å². The number of carbonyl (C=O) groups is 1. The minimum absolute atomic E-state index is 0.183. The van der Waals surface area contributed by atoms with E-state index in [4.69, 9.17) is 10.6 Å². The van der Waals surface area contributed by atoms with E-state index in [0.717, 1.165) is 19.4 Å². The van der Waals surface area contributed by atoms with E-state index >= 15 is 0 Å². The first-order valence-electron chi connectivity index (χ1n) is 5.14. The minimum atomic E-state index is -0.443. The molecule has 0 aromatic carbocycles. The van der Waals surface area contributed by atoms with Crippen LogP contribution in [-0.4, -0.2) is 30.2 Å². The molecule has 0 saturated carbocycles. The fourth-order valence-electron chi connectivity index (χ4n) is 1.41. The maximum Gasteiger partial charge on any atom is 0.330 e. The first-order chi connectivity index (χ1) is 6.45. The lowest BCUT2D eigenvalue weighted by Crippen LogP contribution is -2.39. The van der Waals surface area contributed by atoms with Crippen molar-refractivity contribution >= 4 is 5.97 Å². The normalized spacial score (nSPS) is 23.9. The van der Waals surface area contributed by atoms with Gasteiger partial charge in [-0.15, -0.1) is 5.06 Å². The molecule has 14 heavy (non-hydrogen) atoms. The molecule has 1 aliphatic rings. The van der Waals surface area contributed by atoms with Crippen LogP contribution in [0.1, 0.15) is 33.6 Å². The van der Waals surface area contributed by atoms with E-state index in [1.807, 2.05) is 20.8 Å². The zero-order valence-corrected chi connectivity index (χ0v) is 9.25. The van der Waals surface area contributed by atoms with Crippen molar-refractivity contribution in [2.24, 2.45) is 11.1 Å². The van der Waals surface area contributed by atoms with E-state index in [0.29, 0.717) is 6.54 Å². The molecular formula is C10H20N2O2. The average molecular weight is 200 g/mol. The van der Waals surface area contributed by atoms with Crippen molar-refractivity contribution in [2.45, 2.75) is 39.7 Å². The van der Waals surface area contributed by atoms with Gasteiger partial charge in [0.25, 0.3) is 0 Å². The summed E-state index contributed by atoms with van der Waals surface area (Å²) in [5.41, 5.74) is 5.13. The van der Waals surface area contributed by atoms with Crippen LogP contribution in [0.25, 0.3) is 0 Å². The summed E-state index contributed by atoms with van der Waals surface area (Å²) >= 11 is 0. The Bertz CT molecular complexity index is 211. The van der Waals surface area contributed by atoms with Crippen molar-refractivity contribution in [3.63, 3.8) is 0 Å². The zero-order chi connectivity index (χ0) is 10.8. The van der Waals surface area contributed by atoms with Crippen LogP contribution in [0.3, 0.4) is 0 Å². The Labute approximate surface area is 85.3 Å². The summed E-state index contributed by atoms with van der Waals surface area (Å²) < 4.78 is 0. The van der Waals surface area contributed by atoms with Crippen LogP contribution in [0.4, 0.5) is 0 Å². The average Bonchev–Trinajstić information content (AvgIpc) is 2.50. The largest absolute Gasteiger partial charge is 0.367 e. The van der Waals surface area contributed by atoms with Gasteiger partial charge in [-0.25, -0.2) is 4.79 Å². The number of nitrogens with two attached hydrogens (primary N) is 1. The van der Waals surface area contributed by atoms with Crippen LogP contribution in [0, 0.1) is 5.41 Å². The summed E-state index contributed by atoms with van der Waals surface area (Å²) in [5.74, 6) is -0.183. The summed E-state index contributed by atoms with van der Waals surface area (Å²) in [6.07, 6.45) is 2.08. The highest BCUT2D eigenvalue weighted by Gasteiger charge is 2.31. The number of carbonyl (C=O) groups excluding carboxylic acids is 1. The molecule has 0 aromatic heterocycles. The van der Waals surface area contributed by atoms with Gasteiger partial charge in [-0.1, -0.05) is 0 Å². The fourth-order valence-corrected chi connectivity index (χ4v) is 1.41. The highest BCUT2D eigenvalue weighted by atomic mass is 16.7. The molecule has 0 amide bonds. The second-order valence-electron chi connectivity index (χ2n) is 4.80. The van der Waals surface area contributed by atoms with E-state index in [9.17, 15) is 4.79 Å². The number of hydroxylamine groups is 2. The molecule has 2 N–H and O–H groups in total. The van der Waals surface area contributed by atoms with Crippen molar-refractivity contribution in [2.75, 3.05) is 13.1 Å². The third-order valence-electron chi connectivity index (χ3n) is 2.41. The Morgan fingerprint density at radius 2 is 2.21 bits per heavy atom. The van der Waals surface area contributed by atoms with Crippen LogP contribution in [-0.2, 0) is 9.63 Å². The molecule has 0 aliphatic carbocycles. The third kappa shape index (κ3) is 2.69. The number of hydrogen-bond acceptors (Lipinski definition) is 4. The van der Waals surface area contributed by atoms with Gasteiger partial charge in [0.1, 0.15) is 0 Å². The van der Waals surface area contributed by atoms with Crippen molar-refractivity contribution < 1.29 is 9.63 Å². The molecule has 1 heterocycles. The number of rotatable bonds is 2. The summed E-state index contributed by atoms with van der Waals surface area (Å²) in [6.45, 7) is 6.91. The lowest BCUT2D eigenvalue weighted by atomic mass is 9.98. The SMILES string of the molecule is CC(C)(C)C(=O)ON1CCCC1CN. The second kappa shape index (κ2) is 4.28. The van der Waals surface area contributed by atoms with E-state index in [1.54, 1.807) is 5.06 Å².